The minimum absolute atomic E-state index is 0.0343. The highest BCUT2D eigenvalue weighted by atomic mass is 32.3. The quantitative estimate of drug-likeness (QED) is 0.331. The van der Waals surface area contributed by atoms with Crippen LogP contribution >= 0.6 is 22.5 Å². The van der Waals surface area contributed by atoms with Crippen LogP contribution in [0.25, 0.3) is 10.8 Å². The van der Waals surface area contributed by atoms with Crippen LogP contribution in [0.2, 0.25) is 0 Å². The molecule has 1 aliphatic carbocycles. The molecular formula is C18H19NO5S2. The van der Waals surface area contributed by atoms with E-state index in [9.17, 15) is 19.0 Å². The largest absolute Gasteiger partial charge is 0.506 e. The summed E-state index contributed by atoms with van der Waals surface area (Å²) in [7, 11) is -3.20. The van der Waals surface area contributed by atoms with Crippen LogP contribution < -0.4 is 4.72 Å². The molecule has 3 rings (SSSR count). The minimum atomic E-state index is -3.20. The lowest BCUT2D eigenvalue weighted by Crippen LogP contribution is -2.11. The SMILES string of the molecule is O=C(O)CCSc1cc(NS(O)(O)C2=CC=CC2)c2ccccc2c1O. The Kier molecular flexibility index (Phi) is 5.47. The first-order valence-corrected chi connectivity index (χ1v) is 10.4. The molecule has 0 amide bonds. The number of allylic oxidation sites excluding steroid dienone is 4. The molecule has 0 heterocycles. The van der Waals surface area contributed by atoms with E-state index in [0.29, 0.717) is 38.4 Å². The van der Waals surface area contributed by atoms with Crippen LogP contribution in [-0.4, -0.2) is 31.0 Å². The molecule has 0 fully saturated rings. The molecule has 0 unspecified atom stereocenters. The number of carbonyl (C=O) groups is 1. The Morgan fingerprint density at radius 1 is 1.23 bits per heavy atom. The van der Waals surface area contributed by atoms with Gasteiger partial charge in [-0.2, -0.15) is 0 Å². The predicted molar refractivity (Wildman–Crippen MR) is 107 cm³/mol. The van der Waals surface area contributed by atoms with Gasteiger partial charge in [-0.15, -0.1) is 11.8 Å². The van der Waals surface area contributed by atoms with Crippen LogP contribution in [0.15, 0.2) is 58.4 Å². The van der Waals surface area contributed by atoms with Crippen LogP contribution in [0.1, 0.15) is 12.8 Å². The second-order valence-corrected chi connectivity index (χ2v) is 8.69. The first-order chi connectivity index (χ1) is 12.4. The number of phenolic OH excluding ortho intramolecular Hbond substituents is 1. The van der Waals surface area contributed by atoms with Crippen molar-refractivity contribution in [2.24, 2.45) is 0 Å². The van der Waals surface area contributed by atoms with Crippen LogP contribution in [-0.2, 0) is 4.79 Å². The van der Waals surface area contributed by atoms with E-state index in [0.717, 1.165) is 0 Å². The molecule has 0 saturated carbocycles. The van der Waals surface area contributed by atoms with E-state index in [4.69, 9.17) is 5.11 Å². The van der Waals surface area contributed by atoms with Crippen molar-refractivity contribution in [3.8, 4) is 5.75 Å². The van der Waals surface area contributed by atoms with Gasteiger partial charge in [0.15, 0.2) is 0 Å². The molecule has 2 aromatic rings. The Morgan fingerprint density at radius 3 is 2.62 bits per heavy atom. The van der Waals surface area contributed by atoms with E-state index in [1.165, 1.54) is 11.8 Å². The zero-order valence-electron chi connectivity index (χ0n) is 13.8. The number of carboxylic acids is 1. The third kappa shape index (κ3) is 3.99. The number of hydrogen-bond acceptors (Lipinski definition) is 6. The fraction of sp³-hybridized carbons (Fsp3) is 0.167. The predicted octanol–water partition coefficient (Wildman–Crippen LogP) is 5.03. The van der Waals surface area contributed by atoms with Gasteiger partial charge in [-0.05, 0) is 12.1 Å². The topological polar surface area (TPSA) is 110 Å². The molecular weight excluding hydrogens is 374 g/mol. The van der Waals surface area contributed by atoms with Gasteiger partial charge in [-0.25, -0.2) is 0 Å². The van der Waals surface area contributed by atoms with Crippen molar-refractivity contribution in [2.45, 2.75) is 17.7 Å². The molecule has 6 nitrogen and oxygen atoms in total. The van der Waals surface area contributed by atoms with Gasteiger partial charge in [0.2, 0.25) is 0 Å². The Bertz CT molecular complexity index is 908. The minimum Gasteiger partial charge on any atom is -0.506 e. The van der Waals surface area contributed by atoms with E-state index >= 15 is 0 Å². The Balaban J connectivity index is 1.97. The van der Waals surface area contributed by atoms with Crippen LogP contribution in [0, 0.1) is 0 Å². The molecule has 0 radical (unpaired) electrons. The monoisotopic (exact) mass is 393 g/mol. The summed E-state index contributed by atoms with van der Waals surface area (Å²) < 4.78 is 23.8. The highest BCUT2D eigenvalue weighted by molar-refractivity contribution is 8.28. The maximum Gasteiger partial charge on any atom is 0.304 e. The number of nitrogens with one attached hydrogen (secondary N) is 1. The Hall–Kier alpha value is -2.13. The molecule has 0 bridgehead atoms. The van der Waals surface area contributed by atoms with Gasteiger partial charge >= 0.3 is 5.97 Å². The van der Waals surface area contributed by atoms with E-state index < -0.39 is 16.7 Å². The van der Waals surface area contributed by atoms with Crippen LogP contribution in [0.3, 0.4) is 0 Å². The molecule has 1 aliphatic rings. The number of thioether (sulfide) groups is 1. The van der Waals surface area contributed by atoms with Crippen molar-refractivity contribution >= 4 is 45.0 Å². The number of fused-ring (bicyclic) bond motifs is 1. The van der Waals surface area contributed by atoms with Crippen molar-refractivity contribution in [1.29, 1.82) is 0 Å². The summed E-state index contributed by atoms with van der Waals surface area (Å²) in [5.41, 5.74) is 0.476. The van der Waals surface area contributed by atoms with Gasteiger partial charge in [0, 0.05) is 22.9 Å². The van der Waals surface area contributed by atoms with Crippen molar-refractivity contribution in [3.05, 3.63) is 53.5 Å². The van der Waals surface area contributed by atoms with Gasteiger partial charge in [0.05, 0.1) is 21.9 Å². The van der Waals surface area contributed by atoms with Gasteiger partial charge in [0.25, 0.3) is 0 Å². The molecule has 5 N–H and O–H groups in total. The fourth-order valence-corrected chi connectivity index (χ4v) is 4.78. The van der Waals surface area contributed by atoms with Gasteiger partial charge < -0.3 is 10.2 Å². The van der Waals surface area contributed by atoms with E-state index in [2.05, 4.69) is 4.72 Å². The second-order valence-electron chi connectivity index (χ2n) is 5.72. The number of benzene rings is 2. The second kappa shape index (κ2) is 7.63. The molecule has 0 spiro atoms. The smallest absolute Gasteiger partial charge is 0.304 e. The zero-order valence-corrected chi connectivity index (χ0v) is 15.4. The van der Waals surface area contributed by atoms with Gasteiger partial charge in [-0.1, -0.05) is 47.2 Å². The van der Waals surface area contributed by atoms with E-state index in [-0.39, 0.29) is 12.2 Å². The zero-order chi connectivity index (χ0) is 18.7. The molecule has 8 heteroatoms. The molecule has 26 heavy (non-hydrogen) atoms. The van der Waals surface area contributed by atoms with Crippen molar-refractivity contribution < 1.29 is 24.1 Å². The van der Waals surface area contributed by atoms with E-state index in [1.807, 2.05) is 6.08 Å². The van der Waals surface area contributed by atoms with Crippen LogP contribution in [0.5, 0.6) is 5.75 Å². The third-order valence-corrected chi connectivity index (χ3v) is 6.48. The van der Waals surface area contributed by atoms with Gasteiger partial charge in [0.1, 0.15) is 5.75 Å². The van der Waals surface area contributed by atoms with E-state index in [1.54, 1.807) is 42.5 Å². The summed E-state index contributed by atoms with van der Waals surface area (Å²) in [5.74, 6) is -0.558. The number of carboxylic acid groups (broad SMARTS) is 1. The number of rotatable bonds is 7. The summed E-state index contributed by atoms with van der Waals surface area (Å²) in [5, 5.41) is 20.5. The van der Waals surface area contributed by atoms with Gasteiger partial charge in [-0.3, -0.25) is 18.6 Å². The maximum absolute atomic E-state index is 10.7. The summed E-state index contributed by atoms with van der Waals surface area (Å²) in [4.78, 5) is 11.7. The standard InChI is InChI=1S/C18H19NO5S2/c20-17(21)9-10-25-16-11-15(13-7-3-4-8-14(13)18(16)22)19-26(23,24)12-5-1-2-6-12/h1-5,7-8,11,19,22-24H,6,9-10H2,(H,20,21). The molecule has 138 valence electrons. The van der Waals surface area contributed by atoms with Crippen molar-refractivity contribution in [3.63, 3.8) is 0 Å². The fourth-order valence-electron chi connectivity index (χ4n) is 2.63. The Labute approximate surface area is 156 Å². The van der Waals surface area contributed by atoms with Crippen molar-refractivity contribution in [1.82, 2.24) is 0 Å². The molecule has 0 atom stereocenters. The average molecular weight is 393 g/mol. The lowest BCUT2D eigenvalue weighted by molar-refractivity contribution is -0.136. The van der Waals surface area contributed by atoms with Crippen LogP contribution in [0.4, 0.5) is 5.69 Å². The first-order valence-electron chi connectivity index (χ1n) is 7.89. The van der Waals surface area contributed by atoms with Crippen molar-refractivity contribution in [2.75, 3.05) is 10.5 Å². The number of aromatic hydroxyl groups is 1. The first kappa shape index (κ1) is 18.7. The average Bonchev–Trinajstić information content (AvgIpc) is 3.14. The molecule has 2 aromatic carbocycles. The number of hydrogen-bond donors (Lipinski definition) is 5. The Morgan fingerprint density at radius 2 is 1.96 bits per heavy atom. The number of aliphatic carboxylic acids is 1. The summed E-state index contributed by atoms with van der Waals surface area (Å²) >= 11 is 1.21. The lowest BCUT2D eigenvalue weighted by atomic mass is 10.1. The highest BCUT2D eigenvalue weighted by Gasteiger charge is 2.22. The maximum atomic E-state index is 10.7. The lowest BCUT2D eigenvalue weighted by Gasteiger charge is -2.35. The third-order valence-electron chi connectivity index (χ3n) is 3.91. The number of phenols is 1. The normalized spacial score (nSPS) is 14.5. The summed E-state index contributed by atoms with van der Waals surface area (Å²) in [6.45, 7) is 0. The number of anilines is 1. The molecule has 0 aromatic heterocycles. The molecule has 0 aliphatic heterocycles. The summed E-state index contributed by atoms with van der Waals surface area (Å²) in [6, 6.07) is 8.71. The highest BCUT2D eigenvalue weighted by Crippen LogP contribution is 2.52. The summed E-state index contributed by atoms with van der Waals surface area (Å²) in [6.07, 6.45) is 5.72. The molecule has 0 saturated heterocycles.